The molecule has 78 valence electrons. The van der Waals surface area contributed by atoms with Crippen molar-refractivity contribution in [1.82, 2.24) is 0 Å². The van der Waals surface area contributed by atoms with Crippen LogP contribution in [-0.2, 0) is 11.3 Å². The molecule has 4 heteroatoms. The van der Waals surface area contributed by atoms with Gasteiger partial charge in [-0.25, -0.2) is 4.79 Å². The monoisotopic (exact) mass is 206 g/mol. The lowest BCUT2D eigenvalue weighted by atomic mass is 10.1. The topological polar surface area (TPSA) is 59.7 Å². The van der Waals surface area contributed by atoms with Gasteiger partial charge in [0, 0.05) is 12.5 Å². The molecular weight excluding hydrogens is 196 g/mol. The van der Waals surface area contributed by atoms with Gasteiger partial charge >= 0.3 is 5.97 Å². The number of hydrogen-bond acceptors (Lipinski definition) is 3. The molecule has 0 aliphatic rings. The average Bonchev–Trinajstić information content (AvgIpc) is 2.59. The molecule has 0 fully saturated rings. The number of ether oxygens (including phenoxy) is 1. The van der Waals surface area contributed by atoms with Gasteiger partial charge in [0.25, 0.3) is 0 Å². The van der Waals surface area contributed by atoms with Gasteiger partial charge in [-0.3, -0.25) is 0 Å². The molecule has 4 nitrogen and oxygen atoms in total. The summed E-state index contributed by atoms with van der Waals surface area (Å²) in [6, 6.07) is 6.80. The third kappa shape index (κ3) is 1.71. The Bertz CT molecular complexity index is 498. The Labute approximate surface area is 86.1 Å². The highest BCUT2D eigenvalue weighted by Gasteiger charge is 2.12. The van der Waals surface area contributed by atoms with Crippen LogP contribution in [0.15, 0.2) is 28.7 Å². The predicted octanol–water partition coefficient (Wildman–Crippen LogP) is 2.28. The van der Waals surface area contributed by atoms with Crippen molar-refractivity contribution in [2.24, 2.45) is 0 Å². The number of furan rings is 1. The zero-order valence-electron chi connectivity index (χ0n) is 8.19. The van der Waals surface area contributed by atoms with Crippen LogP contribution < -0.4 is 0 Å². The molecule has 0 atom stereocenters. The van der Waals surface area contributed by atoms with Crippen LogP contribution in [0.2, 0.25) is 0 Å². The van der Waals surface area contributed by atoms with Gasteiger partial charge in [0.05, 0.1) is 0 Å². The first kappa shape index (κ1) is 9.73. The van der Waals surface area contributed by atoms with Crippen molar-refractivity contribution in [1.29, 1.82) is 0 Å². The summed E-state index contributed by atoms with van der Waals surface area (Å²) in [5.74, 6) is -0.361. The van der Waals surface area contributed by atoms with Gasteiger partial charge in [-0.2, -0.15) is 0 Å². The van der Waals surface area contributed by atoms with Crippen molar-refractivity contribution in [3.8, 4) is 0 Å². The van der Waals surface area contributed by atoms with E-state index >= 15 is 0 Å². The van der Waals surface area contributed by atoms with E-state index < -0.39 is 5.97 Å². The molecule has 0 unspecified atom stereocenters. The second-order valence-electron chi connectivity index (χ2n) is 3.17. The van der Waals surface area contributed by atoms with E-state index in [1.54, 1.807) is 19.2 Å². The molecule has 15 heavy (non-hydrogen) atoms. The average molecular weight is 206 g/mol. The number of carboxylic acid groups (broad SMARTS) is 1. The number of hydrogen-bond donors (Lipinski definition) is 1. The molecule has 0 radical (unpaired) electrons. The van der Waals surface area contributed by atoms with Crippen molar-refractivity contribution in [2.45, 2.75) is 6.61 Å². The van der Waals surface area contributed by atoms with Crippen LogP contribution in [-0.4, -0.2) is 18.2 Å². The summed E-state index contributed by atoms with van der Waals surface area (Å²) in [4.78, 5) is 10.9. The number of carbonyl (C=O) groups is 1. The molecule has 1 N–H and O–H groups in total. The molecule has 0 spiro atoms. The highest BCUT2D eigenvalue weighted by atomic mass is 16.5. The number of rotatable bonds is 3. The highest BCUT2D eigenvalue weighted by Crippen LogP contribution is 2.23. The van der Waals surface area contributed by atoms with Gasteiger partial charge in [0.15, 0.2) is 0 Å². The standard InChI is InChI=1S/C11H10O4/c1-14-6-8-5-7-3-2-4-9(11(12)13)10(7)15-8/h2-5H,6H2,1H3,(H,12,13). The van der Waals surface area contributed by atoms with Gasteiger partial charge in [0.2, 0.25) is 0 Å². The molecule has 2 rings (SSSR count). The number of para-hydroxylation sites is 1. The number of carboxylic acids is 1. The van der Waals surface area contributed by atoms with Gasteiger partial charge in [-0.1, -0.05) is 12.1 Å². The Morgan fingerprint density at radius 1 is 1.53 bits per heavy atom. The lowest BCUT2D eigenvalue weighted by molar-refractivity contribution is 0.0697. The smallest absolute Gasteiger partial charge is 0.339 e. The van der Waals surface area contributed by atoms with Gasteiger partial charge < -0.3 is 14.3 Å². The summed E-state index contributed by atoms with van der Waals surface area (Å²) < 4.78 is 10.3. The predicted molar refractivity (Wildman–Crippen MR) is 53.9 cm³/mol. The van der Waals surface area contributed by atoms with Crippen molar-refractivity contribution >= 4 is 16.9 Å². The fraction of sp³-hybridized carbons (Fsp3) is 0.182. The van der Waals surface area contributed by atoms with Crippen LogP contribution in [0, 0.1) is 0 Å². The van der Waals surface area contributed by atoms with Gasteiger partial charge in [-0.05, 0) is 12.1 Å². The minimum atomic E-state index is -0.987. The summed E-state index contributed by atoms with van der Waals surface area (Å²) in [5, 5.41) is 9.71. The molecule has 2 aromatic rings. The van der Waals surface area contributed by atoms with E-state index in [1.165, 1.54) is 6.07 Å². The third-order valence-corrected chi connectivity index (χ3v) is 2.11. The fourth-order valence-electron chi connectivity index (χ4n) is 1.50. The van der Waals surface area contributed by atoms with E-state index in [1.807, 2.05) is 6.07 Å². The second kappa shape index (κ2) is 3.74. The Kier molecular flexibility index (Phi) is 2.43. The van der Waals surface area contributed by atoms with E-state index in [2.05, 4.69) is 0 Å². The zero-order chi connectivity index (χ0) is 10.8. The van der Waals surface area contributed by atoms with Crippen molar-refractivity contribution in [3.05, 3.63) is 35.6 Å². The summed E-state index contributed by atoms with van der Waals surface area (Å²) in [7, 11) is 1.56. The van der Waals surface area contributed by atoms with E-state index in [0.29, 0.717) is 18.0 Å². The maximum absolute atomic E-state index is 10.9. The van der Waals surface area contributed by atoms with Crippen molar-refractivity contribution in [2.75, 3.05) is 7.11 Å². The first-order chi connectivity index (χ1) is 7.22. The molecule has 1 aromatic carbocycles. The second-order valence-corrected chi connectivity index (χ2v) is 3.17. The molecule has 0 saturated carbocycles. The molecular formula is C11H10O4. The van der Waals surface area contributed by atoms with Crippen molar-refractivity contribution in [3.63, 3.8) is 0 Å². The van der Waals surface area contributed by atoms with E-state index in [4.69, 9.17) is 14.3 Å². The molecule has 0 aliphatic carbocycles. The Morgan fingerprint density at radius 3 is 3.00 bits per heavy atom. The molecule has 1 heterocycles. The van der Waals surface area contributed by atoms with Gasteiger partial charge in [0.1, 0.15) is 23.5 Å². The van der Waals surface area contributed by atoms with E-state index in [9.17, 15) is 4.79 Å². The number of methoxy groups -OCH3 is 1. The maximum Gasteiger partial charge on any atom is 0.339 e. The summed E-state index contributed by atoms with van der Waals surface area (Å²) in [6.07, 6.45) is 0. The molecule has 0 aliphatic heterocycles. The summed E-state index contributed by atoms with van der Waals surface area (Å²) >= 11 is 0. The molecule has 0 saturated heterocycles. The summed E-state index contributed by atoms with van der Waals surface area (Å²) in [6.45, 7) is 0.341. The number of fused-ring (bicyclic) bond motifs is 1. The maximum atomic E-state index is 10.9. The minimum Gasteiger partial charge on any atom is -0.478 e. The highest BCUT2D eigenvalue weighted by molar-refractivity contribution is 6.01. The Hall–Kier alpha value is -1.81. The SMILES string of the molecule is COCc1cc2cccc(C(=O)O)c2o1. The van der Waals surface area contributed by atoms with Crippen LogP contribution in [0.4, 0.5) is 0 Å². The first-order valence-corrected chi connectivity index (χ1v) is 4.46. The minimum absolute atomic E-state index is 0.176. The number of aromatic carboxylic acids is 1. The van der Waals surface area contributed by atoms with Gasteiger partial charge in [-0.15, -0.1) is 0 Å². The van der Waals surface area contributed by atoms with Crippen LogP contribution in [0.1, 0.15) is 16.1 Å². The quantitative estimate of drug-likeness (QED) is 0.836. The third-order valence-electron chi connectivity index (χ3n) is 2.11. The fourth-order valence-corrected chi connectivity index (χ4v) is 1.50. The van der Waals surface area contributed by atoms with Crippen LogP contribution in [0.25, 0.3) is 11.0 Å². The molecule has 0 bridgehead atoms. The van der Waals surface area contributed by atoms with E-state index in [0.717, 1.165) is 5.39 Å². The Morgan fingerprint density at radius 2 is 2.33 bits per heavy atom. The zero-order valence-corrected chi connectivity index (χ0v) is 8.19. The first-order valence-electron chi connectivity index (χ1n) is 4.46. The Balaban J connectivity index is 2.59. The molecule has 0 amide bonds. The summed E-state index contributed by atoms with van der Waals surface area (Å²) in [5.41, 5.74) is 0.576. The molecule has 1 aromatic heterocycles. The number of benzene rings is 1. The van der Waals surface area contributed by atoms with Crippen LogP contribution >= 0.6 is 0 Å². The van der Waals surface area contributed by atoms with Crippen LogP contribution in [0.5, 0.6) is 0 Å². The van der Waals surface area contributed by atoms with Crippen LogP contribution in [0.3, 0.4) is 0 Å². The normalized spacial score (nSPS) is 10.7. The largest absolute Gasteiger partial charge is 0.478 e. The van der Waals surface area contributed by atoms with Crippen molar-refractivity contribution < 1.29 is 19.1 Å². The lowest BCUT2D eigenvalue weighted by Gasteiger charge is -1.94. The van der Waals surface area contributed by atoms with E-state index in [-0.39, 0.29) is 5.56 Å². The lowest BCUT2D eigenvalue weighted by Crippen LogP contribution is -1.95.